The van der Waals surface area contributed by atoms with Gasteiger partial charge >= 0.3 is 0 Å². The van der Waals surface area contributed by atoms with E-state index in [1.165, 1.54) is 24.6 Å². The molecule has 1 heterocycles. The molecule has 1 aliphatic heterocycles. The van der Waals surface area contributed by atoms with Crippen LogP contribution in [-0.2, 0) is 6.42 Å². The van der Waals surface area contributed by atoms with Crippen LogP contribution in [0.5, 0.6) is 0 Å². The van der Waals surface area contributed by atoms with Gasteiger partial charge in [-0.25, -0.2) is 0 Å². The first-order valence-corrected chi connectivity index (χ1v) is 6.62. The van der Waals surface area contributed by atoms with Crippen LogP contribution in [0.25, 0.3) is 5.57 Å². The van der Waals surface area contributed by atoms with Crippen molar-refractivity contribution in [1.82, 2.24) is 0 Å². The highest BCUT2D eigenvalue weighted by Crippen LogP contribution is 2.35. The first-order valence-electron chi connectivity index (χ1n) is 6.62. The average Bonchev–Trinajstić information content (AvgIpc) is 2.72. The molecule has 4 heteroatoms. The Hall–Kier alpha value is -1.94. The van der Waals surface area contributed by atoms with Crippen molar-refractivity contribution in [1.29, 1.82) is 0 Å². The topological polar surface area (TPSA) is 84.3 Å². The number of rotatable bonds is 4. The Balaban J connectivity index is 2.30. The number of fused-ring (bicyclic) bond motifs is 1. The SMILES string of the molecule is CCCCc1ccc2c(c1)NC(O)/C2=C\C(N)=C\N. The summed E-state index contributed by atoms with van der Waals surface area (Å²) in [7, 11) is 0. The molecule has 1 aromatic carbocycles. The molecule has 0 bridgehead atoms. The molecular weight excluding hydrogens is 238 g/mol. The molecule has 1 unspecified atom stereocenters. The number of hydrogen-bond acceptors (Lipinski definition) is 4. The zero-order valence-electron chi connectivity index (χ0n) is 11.2. The predicted octanol–water partition coefficient (Wildman–Crippen LogP) is 1.92. The van der Waals surface area contributed by atoms with Crippen molar-refractivity contribution in [2.75, 3.05) is 5.32 Å². The first-order chi connectivity index (χ1) is 9.15. The maximum absolute atomic E-state index is 10.0. The van der Waals surface area contributed by atoms with E-state index in [4.69, 9.17) is 11.5 Å². The van der Waals surface area contributed by atoms with E-state index in [2.05, 4.69) is 24.4 Å². The summed E-state index contributed by atoms with van der Waals surface area (Å²) in [5, 5.41) is 13.1. The van der Waals surface area contributed by atoms with Crippen molar-refractivity contribution in [3.8, 4) is 0 Å². The summed E-state index contributed by atoms with van der Waals surface area (Å²) in [6, 6.07) is 6.22. The van der Waals surface area contributed by atoms with E-state index in [-0.39, 0.29) is 0 Å². The highest BCUT2D eigenvalue weighted by molar-refractivity contribution is 5.86. The van der Waals surface area contributed by atoms with E-state index in [1.807, 2.05) is 6.07 Å². The number of aryl methyl sites for hydroxylation is 1. The van der Waals surface area contributed by atoms with Crippen LogP contribution < -0.4 is 16.8 Å². The zero-order chi connectivity index (χ0) is 13.8. The summed E-state index contributed by atoms with van der Waals surface area (Å²) in [6.07, 6.45) is 5.71. The van der Waals surface area contributed by atoms with E-state index in [0.717, 1.165) is 23.2 Å². The monoisotopic (exact) mass is 259 g/mol. The van der Waals surface area contributed by atoms with Gasteiger partial charge in [0, 0.05) is 28.7 Å². The molecule has 0 saturated carbocycles. The number of aliphatic hydroxyl groups is 1. The average molecular weight is 259 g/mol. The van der Waals surface area contributed by atoms with Gasteiger partial charge in [0.15, 0.2) is 6.23 Å². The smallest absolute Gasteiger partial charge is 0.151 e. The van der Waals surface area contributed by atoms with Crippen LogP contribution in [0.3, 0.4) is 0 Å². The lowest BCUT2D eigenvalue weighted by Crippen LogP contribution is -2.13. The van der Waals surface area contributed by atoms with Gasteiger partial charge in [0.2, 0.25) is 0 Å². The maximum Gasteiger partial charge on any atom is 0.151 e. The zero-order valence-corrected chi connectivity index (χ0v) is 11.2. The van der Waals surface area contributed by atoms with Gasteiger partial charge in [0.1, 0.15) is 0 Å². The Morgan fingerprint density at radius 3 is 2.95 bits per heavy atom. The van der Waals surface area contributed by atoms with Crippen molar-refractivity contribution in [2.45, 2.75) is 32.4 Å². The molecule has 0 amide bonds. The van der Waals surface area contributed by atoms with Crippen LogP contribution in [0.2, 0.25) is 0 Å². The Morgan fingerprint density at radius 2 is 2.26 bits per heavy atom. The van der Waals surface area contributed by atoms with Gasteiger partial charge in [0.25, 0.3) is 0 Å². The second kappa shape index (κ2) is 5.80. The van der Waals surface area contributed by atoms with Crippen LogP contribution in [0, 0.1) is 0 Å². The fraction of sp³-hybridized carbons (Fsp3) is 0.333. The van der Waals surface area contributed by atoms with Crippen LogP contribution in [0.4, 0.5) is 5.69 Å². The van der Waals surface area contributed by atoms with E-state index in [9.17, 15) is 5.11 Å². The lowest BCUT2D eigenvalue weighted by atomic mass is 10.0. The van der Waals surface area contributed by atoms with Crippen LogP contribution in [0.15, 0.2) is 36.2 Å². The summed E-state index contributed by atoms with van der Waals surface area (Å²) in [5.74, 6) is 0. The molecular formula is C15H21N3O. The van der Waals surface area contributed by atoms with Crippen molar-refractivity contribution in [3.05, 3.63) is 47.3 Å². The third-order valence-corrected chi connectivity index (χ3v) is 3.32. The molecule has 102 valence electrons. The number of nitrogens with two attached hydrogens (primary N) is 2. The molecule has 1 atom stereocenters. The fourth-order valence-corrected chi connectivity index (χ4v) is 2.26. The van der Waals surface area contributed by atoms with Crippen LogP contribution in [0.1, 0.15) is 30.9 Å². The van der Waals surface area contributed by atoms with Gasteiger partial charge in [-0.2, -0.15) is 0 Å². The third kappa shape index (κ3) is 2.90. The molecule has 1 aliphatic rings. The van der Waals surface area contributed by atoms with Gasteiger partial charge in [-0.15, -0.1) is 0 Å². The quantitative estimate of drug-likeness (QED) is 0.665. The molecule has 6 N–H and O–H groups in total. The van der Waals surface area contributed by atoms with E-state index < -0.39 is 6.23 Å². The Morgan fingerprint density at radius 1 is 1.47 bits per heavy atom. The molecule has 0 fully saturated rings. The lowest BCUT2D eigenvalue weighted by Gasteiger charge is -2.04. The Labute approximate surface area is 113 Å². The summed E-state index contributed by atoms with van der Waals surface area (Å²) < 4.78 is 0. The number of allylic oxidation sites excluding steroid dienone is 1. The second-order valence-corrected chi connectivity index (χ2v) is 4.80. The summed E-state index contributed by atoms with van der Waals surface area (Å²) in [6.45, 7) is 2.18. The number of anilines is 1. The number of unbranched alkanes of at least 4 members (excludes halogenated alkanes) is 1. The molecule has 0 radical (unpaired) electrons. The number of aliphatic hydroxyl groups excluding tert-OH is 1. The van der Waals surface area contributed by atoms with Gasteiger partial charge in [0.05, 0.1) is 0 Å². The summed E-state index contributed by atoms with van der Waals surface area (Å²) >= 11 is 0. The van der Waals surface area contributed by atoms with Gasteiger partial charge in [-0.3, -0.25) is 0 Å². The van der Waals surface area contributed by atoms with E-state index in [1.54, 1.807) is 6.08 Å². The van der Waals surface area contributed by atoms with Crippen molar-refractivity contribution >= 4 is 11.3 Å². The minimum Gasteiger partial charge on any atom is -0.403 e. The minimum atomic E-state index is -0.727. The van der Waals surface area contributed by atoms with Crippen molar-refractivity contribution < 1.29 is 5.11 Å². The summed E-state index contributed by atoms with van der Waals surface area (Å²) in [5.41, 5.74) is 15.5. The Bertz CT molecular complexity index is 520. The largest absolute Gasteiger partial charge is 0.403 e. The molecule has 0 saturated heterocycles. The highest BCUT2D eigenvalue weighted by atomic mass is 16.3. The maximum atomic E-state index is 10.0. The molecule has 0 aromatic heterocycles. The number of benzene rings is 1. The molecule has 0 aliphatic carbocycles. The van der Waals surface area contributed by atoms with Gasteiger partial charge in [-0.05, 0) is 30.5 Å². The van der Waals surface area contributed by atoms with E-state index >= 15 is 0 Å². The molecule has 2 rings (SSSR count). The number of hydrogen-bond donors (Lipinski definition) is 4. The molecule has 0 spiro atoms. The van der Waals surface area contributed by atoms with Gasteiger partial charge < -0.3 is 21.9 Å². The van der Waals surface area contributed by atoms with Crippen molar-refractivity contribution in [2.24, 2.45) is 11.5 Å². The third-order valence-electron chi connectivity index (χ3n) is 3.32. The second-order valence-electron chi connectivity index (χ2n) is 4.80. The minimum absolute atomic E-state index is 0.443. The predicted molar refractivity (Wildman–Crippen MR) is 79.1 cm³/mol. The Kier molecular flexibility index (Phi) is 4.12. The molecule has 19 heavy (non-hydrogen) atoms. The lowest BCUT2D eigenvalue weighted by molar-refractivity contribution is 0.265. The highest BCUT2D eigenvalue weighted by Gasteiger charge is 2.24. The van der Waals surface area contributed by atoms with Crippen LogP contribution >= 0.6 is 0 Å². The fourth-order valence-electron chi connectivity index (χ4n) is 2.26. The van der Waals surface area contributed by atoms with Crippen molar-refractivity contribution in [3.63, 3.8) is 0 Å². The standard InChI is InChI=1S/C15H21N3O/c1-2-3-4-10-5-6-12-13(8-11(17)9-16)15(19)18-14(12)7-10/h5-9,15,18-19H,2-4,16-17H2,1H3/b11-9-,13-8-. The molecule has 4 nitrogen and oxygen atoms in total. The van der Waals surface area contributed by atoms with Gasteiger partial charge in [-0.1, -0.05) is 25.5 Å². The number of nitrogens with one attached hydrogen (secondary N) is 1. The van der Waals surface area contributed by atoms with Crippen LogP contribution in [-0.4, -0.2) is 11.3 Å². The normalized spacial score (nSPS) is 20.4. The summed E-state index contributed by atoms with van der Waals surface area (Å²) in [4.78, 5) is 0. The van der Waals surface area contributed by atoms with E-state index in [0.29, 0.717) is 5.70 Å². The molecule has 1 aromatic rings. The first kappa shape index (κ1) is 13.5.